The van der Waals surface area contributed by atoms with Gasteiger partial charge in [0.25, 0.3) is 0 Å². The number of nitrogens with zero attached hydrogens (tertiary/aromatic N) is 1. The van der Waals surface area contributed by atoms with Gasteiger partial charge >= 0.3 is 0 Å². The molecule has 0 spiro atoms. The molecule has 1 unspecified atom stereocenters. The van der Waals surface area contributed by atoms with E-state index in [1.54, 1.807) is 0 Å². The average molecular weight is 268 g/mol. The molecule has 3 nitrogen and oxygen atoms in total. The zero-order valence-corrected chi connectivity index (χ0v) is 13.1. The lowest BCUT2D eigenvalue weighted by Gasteiger charge is -2.49. The summed E-state index contributed by atoms with van der Waals surface area (Å²) in [6, 6.07) is 0. The molecule has 2 rings (SSSR count). The van der Waals surface area contributed by atoms with Gasteiger partial charge in [-0.15, -0.1) is 0 Å². The van der Waals surface area contributed by atoms with Crippen LogP contribution in [0.1, 0.15) is 58.8 Å². The summed E-state index contributed by atoms with van der Waals surface area (Å²) in [4.78, 5) is 2.51. The highest BCUT2D eigenvalue weighted by molar-refractivity contribution is 4.97. The van der Waals surface area contributed by atoms with Crippen molar-refractivity contribution < 1.29 is 4.74 Å². The topological polar surface area (TPSA) is 38.5 Å². The Morgan fingerprint density at radius 2 is 1.84 bits per heavy atom. The van der Waals surface area contributed by atoms with E-state index in [4.69, 9.17) is 10.5 Å². The van der Waals surface area contributed by atoms with E-state index in [0.29, 0.717) is 11.5 Å². The Labute approximate surface area is 118 Å². The van der Waals surface area contributed by atoms with Gasteiger partial charge in [0.05, 0.1) is 6.10 Å². The first kappa shape index (κ1) is 15.3. The minimum Gasteiger partial charge on any atom is -0.377 e. The van der Waals surface area contributed by atoms with E-state index in [1.165, 1.54) is 44.9 Å². The van der Waals surface area contributed by atoms with Crippen molar-refractivity contribution >= 4 is 0 Å². The van der Waals surface area contributed by atoms with E-state index in [0.717, 1.165) is 19.7 Å². The lowest BCUT2D eigenvalue weighted by atomic mass is 9.68. The second-order valence-corrected chi connectivity index (χ2v) is 7.46. The second-order valence-electron chi connectivity index (χ2n) is 7.46. The van der Waals surface area contributed by atoms with Gasteiger partial charge in [-0.2, -0.15) is 0 Å². The normalized spacial score (nSPS) is 30.5. The third-order valence-electron chi connectivity index (χ3n) is 5.48. The predicted octanol–water partition coefficient (Wildman–Crippen LogP) is 2.79. The van der Waals surface area contributed by atoms with E-state index in [9.17, 15) is 0 Å². The number of rotatable bonds is 4. The summed E-state index contributed by atoms with van der Waals surface area (Å²) in [6.45, 7) is 7.56. The number of nitrogens with two attached hydrogens (primary N) is 1. The summed E-state index contributed by atoms with van der Waals surface area (Å²) in [5.41, 5.74) is 6.87. The molecule has 2 fully saturated rings. The smallest absolute Gasteiger partial charge is 0.0702 e. The van der Waals surface area contributed by atoms with Crippen LogP contribution in [0.4, 0.5) is 0 Å². The van der Waals surface area contributed by atoms with Crippen LogP contribution in [0, 0.1) is 5.41 Å². The summed E-state index contributed by atoms with van der Waals surface area (Å²) >= 11 is 0. The maximum Gasteiger partial charge on any atom is 0.0702 e. The minimum absolute atomic E-state index is 0.219. The van der Waals surface area contributed by atoms with Crippen molar-refractivity contribution in [3.63, 3.8) is 0 Å². The molecule has 1 atom stereocenters. The van der Waals surface area contributed by atoms with Gasteiger partial charge < -0.3 is 10.5 Å². The molecule has 112 valence electrons. The summed E-state index contributed by atoms with van der Waals surface area (Å²) in [5, 5.41) is 0. The summed E-state index contributed by atoms with van der Waals surface area (Å²) in [6.07, 6.45) is 9.25. The second kappa shape index (κ2) is 6.11. The first-order chi connectivity index (χ1) is 8.97. The Hall–Kier alpha value is -0.120. The minimum atomic E-state index is 0.219. The van der Waals surface area contributed by atoms with Crippen LogP contribution in [-0.4, -0.2) is 43.3 Å². The van der Waals surface area contributed by atoms with Crippen LogP contribution in [0.15, 0.2) is 0 Å². The number of ether oxygens (including phenoxy) is 1. The Balaban J connectivity index is 1.92. The molecular formula is C16H32N2O. The molecular weight excluding hydrogens is 236 g/mol. The van der Waals surface area contributed by atoms with E-state index >= 15 is 0 Å². The van der Waals surface area contributed by atoms with Gasteiger partial charge in [0.2, 0.25) is 0 Å². The molecule has 1 saturated carbocycles. The molecule has 1 heterocycles. The SMILES string of the molecule is CN(CC1CCCCO1)C1(CN)CCC(C)(C)CC1. The largest absolute Gasteiger partial charge is 0.377 e. The molecule has 2 aliphatic rings. The summed E-state index contributed by atoms with van der Waals surface area (Å²) < 4.78 is 5.89. The summed E-state index contributed by atoms with van der Waals surface area (Å²) in [5.74, 6) is 0. The molecule has 3 heteroatoms. The van der Waals surface area contributed by atoms with Crippen molar-refractivity contribution in [2.24, 2.45) is 11.1 Å². The molecule has 0 aromatic rings. The van der Waals surface area contributed by atoms with Crippen LogP contribution in [0.25, 0.3) is 0 Å². The third kappa shape index (κ3) is 3.71. The van der Waals surface area contributed by atoms with Gasteiger partial charge in [0.1, 0.15) is 0 Å². The van der Waals surface area contributed by atoms with Gasteiger partial charge in [-0.25, -0.2) is 0 Å². The van der Waals surface area contributed by atoms with Crippen LogP contribution < -0.4 is 5.73 Å². The zero-order valence-electron chi connectivity index (χ0n) is 13.1. The van der Waals surface area contributed by atoms with Crippen LogP contribution in [0.2, 0.25) is 0 Å². The van der Waals surface area contributed by atoms with Crippen LogP contribution in [0.5, 0.6) is 0 Å². The van der Waals surface area contributed by atoms with Crippen molar-refractivity contribution in [3.8, 4) is 0 Å². The van der Waals surface area contributed by atoms with Crippen LogP contribution in [0.3, 0.4) is 0 Å². The van der Waals surface area contributed by atoms with E-state index < -0.39 is 0 Å². The highest BCUT2D eigenvalue weighted by Gasteiger charge is 2.40. The molecule has 19 heavy (non-hydrogen) atoms. The lowest BCUT2D eigenvalue weighted by molar-refractivity contribution is -0.0372. The monoisotopic (exact) mass is 268 g/mol. The standard InChI is InChI=1S/C16H32N2O/c1-15(2)7-9-16(13-17,10-8-15)18(3)12-14-6-4-5-11-19-14/h14H,4-13,17H2,1-3H3. The van der Waals surface area contributed by atoms with E-state index in [-0.39, 0.29) is 5.54 Å². The third-order valence-corrected chi connectivity index (χ3v) is 5.48. The molecule has 0 bridgehead atoms. The number of hydrogen-bond donors (Lipinski definition) is 1. The number of likely N-dealkylation sites (N-methyl/N-ethyl adjacent to an activating group) is 1. The quantitative estimate of drug-likeness (QED) is 0.852. The Bertz CT molecular complexity index is 274. The molecule has 1 saturated heterocycles. The fourth-order valence-electron chi connectivity index (χ4n) is 3.58. The molecule has 1 aliphatic heterocycles. The first-order valence-electron chi connectivity index (χ1n) is 8.00. The van der Waals surface area contributed by atoms with Crippen molar-refractivity contribution in [2.75, 3.05) is 26.7 Å². The fraction of sp³-hybridized carbons (Fsp3) is 1.00. The molecule has 1 aliphatic carbocycles. The van der Waals surface area contributed by atoms with Crippen LogP contribution in [-0.2, 0) is 4.74 Å². The molecule has 0 amide bonds. The predicted molar refractivity (Wildman–Crippen MR) is 80.3 cm³/mol. The molecule has 0 aromatic carbocycles. The lowest BCUT2D eigenvalue weighted by Crippen LogP contribution is -2.57. The maximum atomic E-state index is 6.15. The zero-order chi connectivity index (χ0) is 13.9. The van der Waals surface area contributed by atoms with Gasteiger partial charge in [-0.05, 0) is 57.4 Å². The Morgan fingerprint density at radius 1 is 1.16 bits per heavy atom. The average Bonchev–Trinajstić information content (AvgIpc) is 2.40. The molecule has 0 radical (unpaired) electrons. The number of hydrogen-bond acceptors (Lipinski definition) is 3. The van der Waals surface area contributed by atoms with Gasteiger partial charge in [-0.3, -0.25) is 4.90 Å². The Morgan fingerprint density at radius 3 is 2.37 bits per heavy atom. The maximum absolute atomic E-state index is 6.15. The van der Waals surface area contributed by atoms with E-state index in [1.807, 2.05) is 0 Å². The van der Waals surface area contributed by atoms with Gasteiger partial charge in [-0.1, -0.05) is 13.8 Å². The van der Waals surface area contributed by atoms with Crippen molar-refractivity contribution in [2.45, 2.75) is 70.4 Å². The van der Waals surface area contributed by atoms with Gasteiger partial charge in [0, 0.05) is 25.2 Å². The Kier molecular flexibility index (Phi) is 4.91. The van der Waals surface area contributed by atoms with Crippen molar-refractivity contribution in [1.29, 1.82) is 0 Å². The highest BCUT2D eigenvalue weighted by Crippen LogP contribution is 2.42. The highest BCUT2D eigenvalue weighted by atomic mass is 16.5. The van der Waals surface area contributed by atoms with E-state index in [2.05, 4.69) is 25.8 Å². The molecule has 2 N–H and O–H groups in total. The molecule has 0 aromatic heterocycles. The van der Waals surface area contributed by atoms with Crippen molar-refractivity contribution in [3.05, 3.63) is 0 Å². The van der Waals surface area contributed by atoms with Gasteiger partial charge in [0.15, 0.2) is 0 Å². The summed E-state index contributed by atoms with van der Waals surface area (Å²) in [7, 11) is 2.25. The first-order valence-corrected chi connectivity index (χ1v) is 8.00. The van der Waals surface area contributed by atoms with Crippen LogP contribution >= 0.6 is 0 Å². The fourth-order valence-corrected chi connectivity index (χ4v) is 3.58. The van der Waals surface area contributed by atoms with Crippen molar-refractivity contribution in [1.82, 2.24) is 4.90 Å².